The number of hydrogen-bond acceptors (Lipinski definition) is 4. The van der Waals surface area contributed by atoms with Gasteiger partial charge >= 0.3 is 5.97 Å². The zero-order chi connectivity index (χ0) is 18.6. The highest BCUT2D eigenvalue weighted by Gasteiger charge is 2.21. The van der Waals surface area contributed by atoms with Crippen LogP contribution >= 0.6 is 23.2 Å². The predicted molar refractivity (Wildman–Crippen MR) is 96.4 cm³/mol. The van der Waals surface area contributed by atoms with Crippen molar-refractivity contribution in [3.8, 4) is 0 Å². The lowest BCUT2D eigenvalue weighted by Crippen LogP contribution is -2.30. The summed E-state index contributed by atoms with van der Waals surface area (Å²) in [6.07, 6.45) is -1.06. The molecule has 0 aliphatic carbocycles. The molecule has 2 rings (SSSR count). The zero-order valence-corrected chi connectivity index (χ0v) is 15.0. The molecule has 0 bridgehead atoms. The van der Waals surface area contributed by atoms with Gasteiger partial charge in [-0.1, -0.05) is 35.3 Å². The standard InChI is InChI=1S/C18H15Cl2NO4/c1-10(22)12-4-3-5-14(8-12)21-17(23)11(2)25-18(24)15-7-6-13(19)9-16(15)20/h3-9,11H,1-2H3,(H,21,23)/t11-/m0/s1. The van der Waals surface area contributed by atoms with Crippen LogP contribution in [0.4, 0.5) is 5.69 Å². The molecule has 25 heavy (non-hydrogen) atoms. The molecule has 0 fully saturated rings. The number of esters is 1. The Labute approximate surface area is 154 Å². The van der Waals surface area contributed by atoms with Crippen LogP contribution in [0.3, 0.4) is 0 Å². The van der Waals surface area contributed by atoms with Gasteiger partial charge < -0.3 is 10.1 Å². The molecule has 5 nitrogen and oxygen atoms in total. The van der Waals surface area contributed by atoms with Crippen LogP contribution in [-0.4, -0.2) is 23.8 Å². The molecule has 0 aliphatic heterocycles. The average Bonchev–Trinajstić information content (AvgIpc) is 2.54. The number of carbonyl (C=O) groups excluding carboxylic acids is 3. The van der Waals surface area contributed by atoms with Gasteiger partial charge in [0.15, 0.2) is 11.9 Å². The van der Waals surface area contributed by atoms with Crippen molar-refractivity contribution in [2.75, 3.05) is 5.32 Å². The zero-order valence-electron chi connectivity index (χ0n) is 13.5. The minimum atomic E-state index is -1.06. The molecule has 1 N–H and O–H groups in total. The fourth-order valence-corrected chi connectivity index (χ4v) is 2.48. The van der Waals surface area contributed by atoms with E-state index in [1.54, 1.807) is 24.3 Å². The predicted octanol–water partition coefficient (Wildman–Crippen LogP) is 4.38. The Balaban J connectivity index is 2.03. The fraction of sp³-hybridized carbons (Fsp3) is 0.167. The van der Waals surface area contributed by atoms with Crippen LogP contribution in [0.25, 0.3) is 0 Å². The van der Waals surface area contributed by atoms with Crippen LogP contribution in [0, 0.1) is 0 Å². The van der Waals surface area contributed by atoms with E-state index in [2.05, 4.69) is 5.32 Å². The second-order valence-corrected chi connectivity index (χ2v) is 6.14. The molecule has 2 aromatic rings. The highest BCUT2D eigenvalue weighted by atomic mass is 35.5. The number of hydrogen-bond donors (Lipinski definition) is 1. The topological polar surface area (TPSA) is 72.5 Å². The molecule has 130 valence electrons. The van der Waals surface area contributed by atoms with Crippen LogP contribution in [0.5, 0.6) is 0 Å². The van der Waals surface area contributed by atoms with Gasteiger partial charge in [-0.25, -0.2) is 4.79 Å². The van der Waals surface area contributed by atoms with E-state index in [4.69, 9.17) is 27.9 Å². The summed E-state index contributed by atoms with van der Waals surface area (Å²) in [6, 6.07) is 10.8. The quantitative estimate of drug-likeness (QED) is 0.617. The van der Waals surface area contributed by atoms with Crippen LogP contribution in [0.2, 0.25) is 10.0 Å². The van der Waals surface area contributed by atoms with E-state index in [1.807, 2.05) is 0 Å². The first-order valence-corrected chi connectivity index (χ1v) is 8.11. The number of anilines is 1. The van der Waals surface area contributed by atoms with Gasteiger partial charge in [0.2, 0.25) is 0 Å². The number of carbonyl (C=O) groups is 3. The maximum atomic E-state index is 12.2. The number of rotatable bonds is 5. The minimum Gasteiger partial charge on any atom is -0.449 e. The largest absolute Gasteiger partial charge is 0.449 e. The molecule has 0 aliphatic rings. The molecule has 1 atom stereocenters. The lowest BCUT2D eigenvalue weighted by molar-refractivity contribution is -0.123. The molecule has 0 saturated carbocycles. The average molecular weight is 380 g/mol. The van der Waals surface area contributed by atoms with Crippen LogP contribution in [0.1, 0.15) is 34.6 Å². The number of ether oxygens (including phenoxy) is 1. The third-order valence-electron chi connectivity index (χ3n) is 3.34. The Hall–Kier alpha value is -2.37. The first-order valence-electron chi connectivity index (χ1n) is 7.36. The van der Waals surface area contributed by atoms with Crippen LogP contribution in [-0.2, 0) is 9.53 Å². The molecule has 0 spiro atoms. The molecule has 0 aromatic heterocycles. The van der Waals surface area contributed by atoms with Gasteiger partial charge in [0, 0.05) is 16.3 Å². The summed E-state index contributed by atoms with van der Waals surface area (Å²) < 4.78 is 5.12. The van der Waals surface area contributed by atoms with Crippen molar-refractivity contribution in [1.29, 1.82) is 0 Å². The summed E-state index contributed by atoms with van der Waals surface area (Å²) in [4.78, 5) is 35.7. The van der Waals surface area contributed by atoms with Gasteiger partial charge in [0.05, 0.1) is 10.6 Å². The van der Waals surface area contributed by atoms with Gasteiger partial charge in [-0.3, -0.25) is 9.59 Å². The van der Waals surface area contributed by atoms with Crippen molar-refractivity contribution in [3.05, 3.63) is 63.6 Å². The molecule has 0 heterocycles. The summed E-state index contributed by atoms with van der Waals surface area (Å²) in [5.74, 6) is -1.38. The van der Waals surface area contributed by atoms with E-state index in [9.17, 15) is 14.4 Å². The Morgan fingerprint density at radius 3 is 2.44 bits per heavy atom. The van der Waals surface area contributed by atoms with Gasteiger partial charge in [-0.15, -0.1) is 0 Å². The Kier molecular flexibility index (Phi) is 6.17. The van der Waals surface area contributed by atoms with Crippen molar-refractivity contribution in [3.63, 3.8) is 0 Å². The number of amides is 1. The van der Waals surface area contributed by atoms with Crippen molar-refractivity contribution in [2.45, 2.75) is 20.0 Å². The van der Waals surface area contributed by atoms with Gasteiger partial charge in [0.25, 0.3) is 5.91 Å². The lowest BCUT2D eigenvalue weighted by atomic mass is 10.1. The SMILES string of the molecule is CC(=O)c1cccc(NC(=O)[C@H](C)OC(=O)c2ccc(Cl)cc2Cl)c1. The van der Waals surface area contributed by atoms with Crippen molar-refractivity contribution < 1.29 is 19.1 Å². The summed E-state index contributed by atoms with van der Waals surface area (Å²) in [5, 5.41) is 3.12. The van der Waals surface area contributed by atoms with Gasteiger partial charge in [-0.05, 0) is 44.2 Å². The summed E-state index contributed by atoms with van der Waals surface area (Å²) in [6.45, 7) is 2.87. The summed E-state index contributed by atoms with van der Waals surface area (Å²) in [5.41, 5.74) is 1.02. The summed E-state index contributed by atoms with van der Waals surface area (Å²) in [7, 11) is 0. The van der Waals surface area contributed by atoms with Crippen molar-refractivity contribution >= 4 is 46.5 Å². The highest BCUT2D eigenvalue weighted by molar-refractivity contribution is 6.36. The molecule has 0 saturated heterocycles. The normalized spacial score (nSPS) is 11.5. The first-order chi connectivity index (χ1) is 11.8. The lowest BCUT2D eigenvalue weighted by Gasteiger charge is -2.14. The van der Waals surface area contributed by atoms with E-state index in [1.165, 1.54) is 32.0 Å². The van der Waals surface area contributed by atoms with Gasteiger partial charge in [0.1, 0.15) is 0 Å². The third-order valence-corrected chi connectivity index (χ3v) is 3.89. The minimum absolute atomic E-state index is 0.115. The smallest absolute Gasteiger partial charge is 0.340 e. The van der Waals surface area contributed by atoms with E-state index in [0.717, 1.165) is 0 Å². The Bertz CT molecular complexity index is 836. The molecule has 7 heteroatoms. The monoisotopic (exact) mass is 379 g/mol. The molecular weight excluding hydrogens is 365 g/mol. The summed E-state index contributed by atoms with van der Waals surface area (Å²) >= 11 is 11.7. The van der Waals surface area contributed by atoms with Gasteiger partial charge in [-0.2, -0.15) is 0 Å². The molecule has 2 aromatic carbocycles. The highest BCUT2D eigenvalue weighted by Crippen LogP contribution is 2.22. The van der Waals surface area contributed by atoms with E-state index >= 15 is 0 Å². The number of Topliss-reactive ketones (excluding diaryl/α,β-unsaturated/α-hetero) is 1. The number of ketones is 1. The Morgan fingerprint density at radius 1 is 1.08 bits per heavy atom. The number of nitrogens with one attached hydrogen (secondary N) is 1. The van der Waals surface area contributed by atoms with E-state index in [-0.39, 0.29) is 16.4 Å². The maximum Gasteiger partial charge on any atom is 0.340 e. The molecule has 0 unspecified atom stereocenters. The van der Waals surface area contributed by atoms with E-state index < -0.39 is 18.0 Å². The second kappa shape index (κ2) is 8.14. The van der Waals surface area contributed by atoms with Crippen molar-refractivity contribution in [2.24, 2.45) is 0 Å². The fourth-order valence-electron chi connectivity index (χ4n) is 1.99. The molecular formula is C18H15Cl2NO4. The second-order valence-electron chi connectivity index (χ2n) is 5.30. The first kappa shape index (κ1) is 19.0. The number of halogens is 2. The maximum absolute atomic E-state index is 12.2. The van der Waals surface area contributed by atoms with Crippen LogP contribution in [0.15, 0.2) is 42.5 Å². The third kappa shape index (κ3) is 5.05. The number of benzene rings is 2. The van der Waals surface area contributed by atoms with Crippen LogP contribution < -0.4 is 5.32 Å². The molecule has 1 amide bonds. The Morgan fingerprint density at radius 2 is 1.80 bits per heavy atom. The molecule has 0 radical (unpaired) electrons. The van der Waals surface area contributed by atoms with Crippen molar-refractivity contribution in [1.82, 2.24) is 0 Å². The van der Waals surface area contributed by atoms with E-state index in [0.29, 0.717) is 16.3 Å².